The molecule has 39 heavy (non-hydrogen) atoms. The molecule has 1 saturated heterocycles. The van der Waals surface area contributed by atoms with Gasteiger partial charge in [0, 0.05) is 15.7 Å². The Balaban J connectivity index is 1.38. The van der Waals surface area contributed by atoms with Gasteiger partial charge in [0.1, 0.15) is 12.4 Å². The van der Waals surface area contributed by atoms with Gasteiger partial charge in [-0.15, -0.1) is 0 Å². The van der Waals surface area contributed by atoms with Crippen molar-refractivity contribution in [3.8, 4) is 17.2 Å². The van der Waals surface area contributed by atoms with E-state index in [1.165, 1.54) is 13.2 Å². The standard InChI is InChI=1S/C27H21Cl3N2O6S/c1-36-22-13-16(12-21(30)25(22)38-15-24(33)31-19-6-2-17(28)3-7-19)14-23-26(34)32(27(35)39-23)10-11-37-20-8-4-18(29)5-9-20/h2-9,12-14H,10-11,15H2,1H3,(H,31,33)/b23-14-. The predicted molar refractivity (Wildman–Crippen MR) is 153 cm³/mol. The maximum Gasteiger partial charge on any atom is 0.293 e. The number of nitrogens with one attached hydrogen (secondary N) is 1. The number of carbonyl (C=O) groups excluding carboxylic acids is 3. The minimum Gasteiger partial charge on any atom is -0.493 e. The summed E-state index contributed by atoms with van der Waals surface area (Å²) < 4.78 is 16.6. The Bertz CT molecular complexity index is 1410. The summed E-state index contributed by atoms with van der Waals surface area (Å²) in [6.45, 7) is -0.112. The van der Waals surface area contributed by atoms with E-state index in [-0.39, 0.29) is 41.2 Å². The van der Waals surface area contributed by atoms with Gasteiger partial charge in [0.15, 0.2) is 18.1 Å². The average Bonchev–Trinajstić information content (AvgIpc) is 3.17. The molecule has 1 N–H and O–H groups in total. The second kappa shape index (κ2) is 13.1. The smallest absolute Gasteiger partial charge is 0.293 e. The first kappa shape index (κ1) is 28.6. The fourth-order valence-corrected chi connectivity index (χ4v) is 4.85. The number of ether oxygens (including phenoxy) is 3. The fourth-order valence-electron chi connectivity index (χ4n) is 3.46. The van der Waals surface area contributed by atoms with Gasteiger partial charge >= 0.3 is 0 Å². The average molecular weight is 608 g/mol. The molecule has 4 rings (SSSR count). The van der Waals surface area contributed by atoms with Crippen LogP contribution in [0.5, 0.6) is 17.2 Å². The molecule has 1 aliphatic rings. The van der Waals surface area contributed by atoms with Gasteiger partial charge in [0.05, 0.1) is 23.6 Å². The molecule has 202 valence electrons. The number of rotatable bonds is 10. The number of carbonyl (C=O) groups is 3. The number of thioether (sulfide) groups is 1. The maximum absolute atomic E-state index is 12.9. The highest BCUT2D eigenvalue weighted by molar-refractivity contribution is 8.18. The summed E-state index contributed by atoms with van der Waals surface area (Å²) in [6, 6.07) is 16.6. The molecule has 0 spiro atoms. The number of methoxy groups -OCH3 is 1. The first-order valence-electron chi connectivity index (χ1n) is 11.4. The van der Waals surface area contributed by atoms with E-state index < -0.39 is 17.1 Å². The van der Waals surface area contributed by atoms with Crippen LogP contribution in [0.4, 0.5) is 10.5 Å². The van der Waals surface area contributed by atoms with E-state index in [9.17, 15) is 14.4 Å². The van der Waals surface area contributed by atoms with Crippen molar-refractivity contribution in [3.05, 3.63) is 86.2 Å². The normalized spacial score (nSPS) is 14.1. The fraction of sp³-hybridized carbons (Fsp3) is 0.148. The van der Waals surface area contributed by atoms with Crippen LogP contribution in [-0.2, 0) is 9.59 Å². The number of anilines is 1. The molecular formula is C27H21Cl3N2O6S. The van der Waals surface area contributed by atoms with Crippen LogP contribution in [0.15, 0.2) is 65.6 Å². The van der Waals surface area contributed by atoms with Crippen molar-refractivity contribution >= 4 is 75.4 Å². The monoisotopic (exact) mass is 606 g/mol. The Kier molecular flexibility index (Phi) is 9.63. The lowest BCUT2D eigenvalue weighted by Crippen LogP contribution is -2.32. The van der Waals surface area contributed by atoms with Crippen molar-refractivity contribution in [1.82, 2.24) is 4.90 Å². The van der Waals surface area contributed by atoms with Crippen LogP contribution in [-0.4, -0.2) is 48.8 Å². The van der Waals surface area contributed by atoms with E-state index in [4.69, 9.17) is 49.0 Å². The molecule has 12 heteroatoms. The zero-order valence-corrected chi connectivity index (χ0v) is 23.5. The third-order valence-corrected chi connectivity index (χ3v) is 6.99. The van der Waals surface area contributed by atoms with Gasteiger partial charge in [-0.05, 0) is 84.1 Å². The molecule has 3 aromatic rings. The topological polar surface area (TPSA) is 94.2 Å². The lowest BCUT2D eigenvalue weighted by atomic mass is 10.1. The summed E-state index contributed by atoms with van der Waals surface area (Å²) in [4.78, 5) is 38.9. The number of imide groups is 1. The van der Waals surface area contributed by atoms with Crippen molar-refractivity contribution in [2.75, 3.05) is 32.2 Å². The van der Waals surface area contributed by atoms with Crippen molar-refractivity contribution < 1.29 is 28.6 Å². The van der Waals surface area contributed by atoms with Crippen molar-refractivity contribution in [2.45, 2.75) is 0 Å². The zero-order chi connectivity index (χ0) is 27.9. The van der Waals surface area contributed by atoms with Crippen LogP contribution < -0.4 is 19.5 Å². The van der Waals surface area contributed by atoms with Gasteiger partial charge < -0.3 is 19.5 Å². The Labute approximate surface area is 243 Å². The molecule has 0 aromatic heterocycles. The molecule has 0 aliphatic carbocycles. The molecule has 0 radical (unpaired) electrons. The van der Waals surface area contributed by atoms with Gasteiger partial charge in [-0.25, -0.2) is 0 Å². The van der Waals surface area contributed by atoms with Crippen molar-refractivity contribution in [3.63, 3.8) is 0 Å². The van der Waals surface area contributed by atoms with Crippen LogP contribution >= 0.6 is 46.6 Å². The highest BCUT2D eigenvalue weighted by Crippen LogP contribution is 2.39. The number of nitrogens with zero attached hydrogens (tertiary/aromatic N) is 1. The zero-order valence-electron chi connectivity index (χ0n) is 20.4. The molecule has 8 nitrogen and oxygen atoms in total. The molecule has 3 amide bonds. The minimum atomic E-state index is -0.445. The molecule has 1 heterocycles. The van der Waals surface area contributed by atoms with E-state index >= 15 is 0 Å². The first-order valence-corrected chi connectivity index (χ1v) is 13.4. The molecule has 0 atom stereocenters. The number of hydrogen-bond donors (Lipinski definition) is 1. The molecule has 0 unspecified atom stereocenters. The summed E-state index contributed by atoms with van der Waals surface area (Å²) in [5, 5.41) is 3.57. The first-order chi connectivity index (χ1) is 18.7. The van der Waals surface area contributed by atoms with Crippen LogP contribution in [0.1, 0.15) is 5.56 Å². The summed E-state index contributed by atoms with van der Waals surface area (Å²) in [5.74, 6) is 0.138. The van der Waals surface area contributed by atoms with E-state index in [2.05, 4.69) is 5.32 Å². The largest absolute Gasteiger partial charge is 0.493 e. The third-order valence-electron chi connectivity index (χ3n) is 5.30. The molecule has 0 bridgehead atoms. The van der Waals surface area contributed by atoms with Crippen LogP contribution in [0.25, 0.3) is 6.08 Å². The van der Waals surface area contributed by atoms with E-state index in [1.54, 1.807) is 60.7 Å². The highest BCUT2D eigenvalue weighted by Gasteiger charge is 2.35. The summed E-state index contributed by atoms with van der Waals surface area (Å²) >= 11 is 18.9. The quantitative estimate of drug-likeness (QED) is 0.254. The second-order valence-corrected chi connectivity index (χ2v) is 10.3. The number of hydrogen-bond acceptors (Lipinski definition) is 7. The predicted octanol–water partition coefficient (Wildman–Crippen LogP) is 6.79. The van der Waals surface area contributed by atoms with Gasteiger partial charge in [0.25, 0.3) is 17.1 Å². The lowest BCUT2D eigenvalue weighted by Gasteiger charge is -2.14. The summed E-state index contributed by atoms with van der Waals surface area (Å²) in [5.41, 5.74) is 1.07. The highest BCUT2D eigenvalue weighted by atomic mass is 35.5. The maximum atomic E-state index is 12.9. The minimum absolute atomic E-state index is 0.0829. The van der Waals surface area contributed by atoms with Crippen LogP contribution in [0.3, 0.4) is 0 Å². The Morgan fingerprint density at radius 3 is 2.31 bits per heavy atom. The Morgan fingerprint density at radius 1 is 0.974 bits per heavy atom. The van der Waals surface area contributed by atoms with E-state index in [1.807, 2.05) is 0 Å². The number of amides is 3. The SMILES string of the molecule is COc1cc(/C=C2\SC(=O)N(CCOc3ccc(Cl)cc3)C2=O)cc(Cl)c1OCC(=O)Nc1ccc(Cl)cc1. The Morgan fingerprint density at radius 2 is 1.64 bits per heavy atom. The third kappa shape index (κ3) is 7.60. The number of halogens is 3. The molecule has 1 fully saturated rings. The van der Waals surface area contributed by atoms with E-state index in [0.717, 1.165) is 16.7 Å². The lowest BCUT2D eigenvalue weighted by molar-refractivity contribution is -0.123. The molecule has 1 aliphatic heterocycles. The van der Waals surface area contributed by atoms with Crippen molar-refractivity contribution in [1.29, 1.82) is 0 Å². The van der Waals surface area contributed by atoms with Gasteiger partial charge in [-0.2, -0.15) is 0 Å². The van der Waals surface area contributed by atoms with Gasteiger partial charge in [-0.3, -0.25) is 19.3 Å². The summed E-state index contributed by atoms with van der Waals surface area (Å²) in [7, 11) is 1.42. The summed E-state index contributed by atoms with van der Waals surface area (Å²) in [6.07, 6.45) is 1.54. The molecule has 3 aromatic carbocycles. The second-order valence-electron chi connectivity index (χ2n) is 8.01. The van der Waals surface area contributed by atoms with Gasteiger partial charge in [0.2, 0.25) is 0 Å². The molecular weight excluding hydrogens is 587 g/mol. The van der Waals surface area contributed by atoms with Crippen LogP contribution in [0.2, 0.25) is 15.1 Å². The van der Waals surface area contributed by atoms with Gasteiger partial charge in [-0.1, -0.05) is 34.8 Å². The van der Waals surface area contributed by atoms with Crippen molar-refractivity contribution in [2.24, 2.45) is 0 Å². The van der Waals surface area contributed by atoms with Crippen LogP contribution in [0, 0.1) is 0 Å². The Hall–Kier alpha value is -3.37. The molecule has 0 saturated carbocycles. The number of benzene rings is 3. The van der Waals surface area contributed by atoms with E-state index in [0.29, 0.717) is 27.0 Å².